The molecule has 0 atom stereocenters. The molecule has 1 heterocycles. The van der Waals surface area contributed by atoms with E-state index < -0.39 is 11.9 Å². The average molecular weight is 310 g/mol. The van der Waals surface area contributed by atoms with Crippen LogP contribution in [0.3, 0.4) is 0 Å². The molecule has 0 aliphatic carbocycles. The van der Waals surface area contributed by atoms with Crippen molar-refractivity contribution in [3.8, 4) is 6.07 Å². The molecule has 1 aromatic rings. The van der Waals surface area contributed by atoms with Gasteiger partial charge in [0, 0.05) is 11.9 Å². The zero-order valence-corrected chi connectivity index (χ0v) is 12.6. The first-order valence-corrected chi connectivity index (χ1v) is 6.67. The Morgan fingerprint density at radius 2 is 1.70 bits per heavy atom. The largest absolute Gasteiger partial charge is 0.465 e. The number of carbonyl (C=O) groups excluding carboxylic acids is 2. The molecule has 0 saturated carbocycles. The van der Waals surface area contributed by atoms with Gasteiger partial charge < -0.3 is 14.4 Å². The number of anilines is 1. The zero-order chi connectivity index (χ0) is 16.8. The first-order chi connectivity index (χ1) is 11.1. The molecule has 0 bridgehead atoms. The quantitative estimate of drug-likeness (QED) is 0.795. The van der Waals surface area contributed by atoms with Crippen LogP contribution in [-0.4, -0.2) is 26.2 Å². The maximum absolute atomic E-state index is 12.2. The minimum atomic E-state index is -0.675. The van der Waals surface area contributed by atoms with Crippen molar-refractivity contribution in [1.29, 1.82) is 5.26 Å². The average Bonchev–Trinajstić information content (AvgIpc) is 2.83. The third-order valence-corrected chi connectivity index (χ3v) is 3.16. The molecule has 0 N–H and O–H groups in total. The van der Waals surface area contributed by atoms with Crippen molar-refractivity contribution >= 4 is 17.6 Å². The van der Waals surface area contributed by atoms with Gasteiger partial charge in [0.2, 0.25) is 0 Å². The van der Waals surface area contributed by atoms with E-state index in [4.69, 9.17) is 14.7 Å². The minimum Gasteiger partial charge on any atom is -0.465 e. The summed E-state index contributed by atoms with van der Waals surface area (Å²) in [6.07, 6.45) is 6.41. The lowest BCUT2D eigenvalue weighted by Gasteiger charge is -2.23. The summed E-state index contributed by atoms with van der Waals surface area (Å²) < 4.78 is 9.54. The number of rotatable bonds is 3. The zero-order valence-electron chi connectivity index (χ0n) is 12.6. The second-order valence-electron chi connectivity index (χ2n) is 4.47. The summed E-state index contributed by atoms with van der Waals surface area (Å²) in [6, 6.07) is 8.61. The van der Waals surface area contributed by atoms with E-state index in [0.717, 1.165) is 0 Å². The van der Waals surface area contributed by atoms with Gasteiger partial charge in [0.05, 0.1) is 31.4 Å². The number of methoxy groups -OCH3 is 2. The summed E-state index contributed by atoms with van der Waals surface area (Å²) in [7, 11) is 2.47. The fraction of sp³-hybridized carbons (Fsp3) is 0.118. The predicted octanol–water partition coefficient (Wildman–Crippen LogP) is 2.05. The molecule has 0 aromatic heterocycles. The Hall–Kier alpha value is -3.33. The lowest BCUT2D eigenvalue weighted by molar-refractivity contribution is -0.139. The fourth-order valence-electron chi connectivity index (χ4n) is 2.06. The first kappa shape index (κ1) is 16.0. The number of hydrogen-bond donors (Lipinski definition) is 0. The van der Waals surface area contributed by atoms with Crippen molar-refractivity contribution in [2.75, 3.05) is 19.1 Å². The topological polar surface area (TPSA) is 79.6 Å². The van der Waals surface area contributed by atoms with Gasteiger partial charge in [-0.05, 0) is 36.4 Å². The molecule has 0 radical (unpaired) electrons. The molecule has 1 aliphatic rings. The number of allylic oxidation sites excluding steroid dienone is 2. The van der Waals surface area contributed by atoms with Crippen LogP contribution >= 0.6 is 0 Å². The number of esters is 2. The molecule has 0 spiro atoms. The predicted molar refractivity (Wildman–Crippen MR) is 83.0 cm³/mol. The SMILES string of the molecule is COC(=O)C1=C(C(=O)OC)N(c2ccc(C#N)cc2)C=CC=C1. The summed E-state index contributed by atoms with van der Waals surface area (Å²) in [6.45, 7) is 0. The first-order valence-electron chi connectivity index (χ1n) is 6.67. The monoisotopic (exact) mass is 310 g/mol. The summed E-state index contributed by atoms with van der Waals surface area (Å²) in [5.41, 5.74) is 1.20. The fourth-order valence-corrected chi connectivity index (χ4v) is 2.06. The van der Waals surface area contributed by atoms with Crippen molar-refractivity contribution < 1.29 is 19.1 Å². The molecule has 6 heteroatoms. The molecule has 0 amide bonds. The molecule has 6 nitrogen and oxygen atoms in total. The third kappa shape index (κ3) is 3.30. The summed E-state index contributed by atoms with van der Waals surface area (Å²) >= 11 is 0. The maximum Gasteiger partial charge on any atom is 0.355 e. The van der Waals surface area contributed by atoms with E-state index in [1.807, 2.05) is 6.07 Å². The lowest BCUT2D eigenvalue weighted by atomic mass is 10.1. The standard InChI is InChI=1S/C17H14N2O4/c1-22-16(20)14-5-3-4-10-19(15(14)17(21)23-2)13-8-6-12(11-18)7-9-13/h3-10H,1-2H3. The van der Waals surface area contributed by atoms with E-state index in [2.05, 4.69) is 0 Å². The molecular weight excluding hydrogens is 296 g/mol. The molecule has 1 aromatic carbocycles. The normalized spacial score (nSPS) is 13.3. The molecule has 0 fully saturated rings. The summed E-state index contributed by atoms with van der Waals surface area (Å²) in [5, 5.41) is 8.88. The highest BCUT2D eigenvalue weighted by atomic mass is 16.5. The van der Waals surface area contributed by atoms with Crippen molar-refractivity contribution in [2.24, 2.45) is 0 Å². The number of carbonyl (C=O) groups is 2. The molecule has 1 aliphatic heterocycles. The van der Waals surface area contributed by atoms with Gasteiger partial charge in [0.25, 0.3) is 0 Å². The highest BCUT2D eigenvalue weighted by molar-refractivity contribution is 6.05. The molecule has 23 heavy (non-hydrogen) atoms. The molecule has 2 rings (SSSR count). The molecule has 116 valence electrons. The van der Waals surface area contributed by atoms with Crippen LogP contribution in [0.2, 0.25) is 0 Å². The van der Waals surface area contributed by atoms with Crippen LogP contribution in [0.5, 0.6) is 0 Å². The molecule has 0 unspecified atom stereocenters. The van der Waals surface area contributed by atoms with Crippen molar-refractivity contribution in [3.63, 3.8) is 0 Å². The van der Waals surface area contributed by atoms with E-state index in [1.54, 1.807) is 42.6 Å². The van der Waals surface area contributed by atoms with E-state index in [-0.39, 0.29) is 11.3 Å². The van der Waals surface area contributed by atoms with Crippen LogP contribution in [0.25, 0.3) is 0 Å². The Balaban J connectivity index is 2.60. The van der Waals surface area contributed by atoms with Gasteiger partial charge in [0.1, 0.15) is 5.70 Å². The maximum atomic E-state index is 12.2. The van der Waals surface area contributed by atoms with Gasteiger partial charge in [-0.2, -0.15) is 5.26 Å². The van der Waals surface area contributed by atoms with E-state index in [9.17, 15) is 9.59 Å². The summed E-state index contributed by atoms with van der Waals surface area (Å²) in [5.74, 6) is -1.32. The van der Waals surface area contributed by atoms with Crippen molar-refractivity contribution in [2.45, 2.75) is 0 Å². The van der Waals surface area contributed by atoms with Gasteiger partial charge in [-0.25, -0.2) is 9.59 Å². The van der Waals surface area contributed by atoms with Gasteiger partial charge >= 0.3 is 11.9 Å². The van der Waals surface area contributed by atoms with Crippen LogP contribution < -0.4 is 4.90 Å². The second-order valence-corrected chi connectivity index (χ2v) is 4.47. The van der Waals surface area contributed by atoms with E-state index >= 15 is 0 Å². The Bertz CT molecular complexity index is 752. The Labute approximate surface area is 133 Å². The number of benzene rings is 1. The Morgan fingerprint density at radius 1 is 1.04 bits per heavy atom. The van der Waals surface area contributed by atoms with Crippen LogP contribution in [0.1, 0.15) is 5.56 Å². The summed E-state index contributed by atoms with van der Waals surface area (Å²) in [4.78, 5) is 25.7. The number of hydrogen-bond acceptors (Lipinski definition) is 6. The number of nitriles is 1. The van der Waals surface area contributed by atoms with Crippen LogP contribution in [0.4, 0.5) is 5.69 Å². The Morgan fingerprint density at radius 3 is 2.26 bits per heavy atom. The van der Waals surface area contributed by atoms with E-state index in [0.29, 0.717) is 11.3 Å². The van der Waals surface area contributed by atoms with Gasteiger partial charge in [-0.1, -0.05) is 6.08 Å². The lowest BCUT2D eigenvalue weighted by Crippen LogP contribution is -2.26. The van der Waals surface area contributed by atoms with Crippen molar-refractivity contribution in [1.82, 2.24) is 0 Å². The highest BCUT2D eigenvalue weighted by Gasteiger charge is 2.27. The Kier molecular flexibility index (Phi) is 4.95. The smallest absolute Gasteiger partial charge is 0.355 e. The third-order valence-electron chi connectivity index (χ3n) is 3.16. The van der Waals surface area contributed by atoms with Crippen molar-refractivity contribution in [3.05, 3.63) is 65.5 Å². The highest BCUT2D eigenvalue weighted by Crippen LogP contribution is 2.26. The van der Waals surface area contributed by atoms with Gasteiger partial charge in [0.15, 0.2) is 0 Å². The number of nitrogens with zero attached hydrogens (tertiary/aromatic N) is 2. The van der Waals surface area contributed by atoms with Gasteiger partial charge in [-0.15, -0.1) is 0 Å². The number of ether oxygens (including phenoxy) is 2. The second kappa shape index (κ2) is 7.09. The van der Waals surface area contributed by atoms with Crippen LogP contribution in [-0.2, 0) is 19.1 Å². The minimum absolute atomic E-state index is 0.0362. The van der Waals surface area contributed by atoms with Gasteiger partial charge in [-0.3, -0.25) is 0 Å². The van der Waals surface area contributed by atoms with E-state index in [1.165, 1.54) is 25.2 Å². The molecule has 0 saturated heterocycles. The molecular formula is C17H14N2O4. The van der Waals surface area contributed by atoms with Crippen LogP contribution in [0.15, 0.2) is 60.0 Å². The van der Waals surface area contributed by atoms with Crippen LogP contribution in [0, 0.1) is 11.3 Å².